The lowest BCUT2D eigenvalue weighted by Crippen LogP contribution is -2.54. The monoisotopic (exact) mass is 487 g/mol. The smallest absolute Gasteiger partial charge is 0.317 e. The lowest BCUT2D eigenvalue weighted by atomic mass is 10.1. The molecule has 1 aromatic heterocycles. The van der Waals surface area contributed by atoms with Crippen molar-refractivity contribution in [1.82, 2.24) is 9.88 Å². The summed E-state index contributed by atoms with van der Waals surface area (Å²) in [6, 6.07) is 11.7. The Bertz CT molecular complexity index is 1380. The number of nitrogens with one attached hydrogen (secondary N) is 1. The number of carbonyl (C=O) groups excluding carboxylic acids is 3. The molecule has 0 atom stereocenters. The van der Waals surface area contributed by atoms with E-state index in [0.717, 1.165) is 11.0 Å². The topological polar surface area (TPSA) is 71.4 Å². The van der Waals surface area contributed by atoms with E-state index in [9.17, 15) is 27.6 Å². The number of halogens is 4. The Morgan fingerprint density at radius 2 is 1.68 bits per heavy atom. The molecule has 0 aliphatic carbocycles. The summed E-state index contributed by atoms with van der Waals surface area (Å²) in [5, 5.41) is 2.39. The van der Waals surface area contributed by atoms with Crippen molar-refractivity contribution < 1.29 is 27.6 Å². The summed E-state index contributed by atoms with van der Waals surface area (Å²) in [6.45, 7) is 3.20. The van der Waals surface area contributed by atoms with E-state index in [4.69, 9.17) is 11.6 Å². The number of para-hydroxylation sites is 1. The predicted octanol–water partition coefficient (Wildman–Crippen LogP) is 5.43. The molecule has 0 spiro atoms. The summed E-state index contributed by atoms with van der Waals surface area (Å²) >= 11 is 5.96. The van der Waals surface area contributed by atoms with Crippen molar-refractivity contribution in [1.29, 1.82) is 0 Å². The average Bonchev–Trinajstić information content (AvgIpc) is 3.03. The first-order chi connectivity index (χ1) is 16.0. The zero-order valence-electron chi connectivity index (χ0n) is 17.9. The highest BCUT2D eigenvalue weighted by Gasteiger charge is 2.37. The number of hydrogen-bond acceptors (Lipinski definition) is 3. The van der Waals surface area contributed by atoms with Gasteiger partial charge in [0.15, 0.2) is 0 Å². The largest absolute Gasteiger partial charge is 0.418 e. The fraction of sp³-hybridized carbons (Fsp3) is 0.125. The first-order valence-electron chi connectivity index (χ1n) is 10.0. The van der Waals surface area contributed by atoms with Crippen molar-refractivity contribution in [2.24, 2.45) is 0 Å². The van der Waals surface area contributed by atoms with Crippen LogP contribution in [0.3, 0.4) is 0 Å². The van der Waals surface area contributed by atoms with Crippen LogP contribution in [0.5, 0.6) is 0 Å². The van der Waals surface area contributed by atoms with E-state index in [1.54, 1.807) is 32.0 Å². The summed E-state index contributed by atoms with van der Waals surface area (Å²) in [6.07, 6.45) is -3.31. The standard InChI is InChI=1S/C24H17ClF3N3O3/c1-13-10-15(14(2)30(13)20-9-4-3-8-19(20)24(26,27)28)11-18-21(32)29-23(34)31(22(18)33)17-7-5-6-16(25)12-17/h3-12H,1-2H3,(H,29,32,34). The number of hydrogen-bond donors (Lipinski definition) is 1. The molecule has 34 heavy (non-hydrogen) atoms. The van der Waals surface area contributed by atoms with E-state index in [1.165, 1.54) is 41.0 Å². The van der Waals surface area contributed by atoms with Gasteiger partial charge in [0.25, 0.3) is 11.8 Å². The number of carbonyl (C=O) groups is 3. The Kier molecular flexibility index (Phi) is 5.82. The molecule has 1 aliphatic heterocycles. The molecule has 4 rings (SSSR count). The van der Waals surface area contributed by atoms with Gasteiger partial charge in [0, 0.05) is 16.4 Å². The fourth-order valence-corrected chi connectivity index (χ4v) is 4.06. The Morgan fingerprint density at radius 1 is 0.971 bits per heavy atom. The zero-order valence-corrected chi connectivity index (χ0v) is 18.7. The average molecular weight is 488 g/mol. The minimum atomic E-state index is -4.57. The van der Waals surface area contributed by atoms with Gasteiger partial charge in [-0.1, -0.05) is 29.8 Å². The van der Waals surface area contributed by atoms with E-state index >= 15 is 0 Å². The number of urea groups is 1. The molecule has 0 unspecified atom stereocenters. The summed E-state index contributed by atoms with van der Waals surface area (Å²) in [5.41, 5.74) is 0.126. The number of aromatic nitrogens is 1. The van der Waals surface area contributed by atoms with Gasteiger partial charge in [-0.15, -0.1) is 0 Å². The molecule has 174 valence electrons. The third-order valence-corrected chi connectivity index (χ3v) is 5.62. The second kappa shape index (κ2) is 8.49. The van der Waals surface area contributed by atoms with Gasteiger partial charge in [0.1, 0.15) is 5.57 Å². The Balaban J connectivity index is 1.81. The molecule has 0 radical (unpaired) electrons. The number of alkyl halides is 3. The number of barbiturate groups is 1. The molecule has 1 aliphatic rings. The number of anilines is 1. The number of nitrogens with zero attached hydrogens (tertiary/aromatic N) is 2. The van der Waals surface area contributed by atoms with Crippen molar-refractivity contribution in [2.45, 2.75) is 20.0 Å². The van der Waals surface area contributed by atoms with Crippen molar-refractivity contribution in [3.05, 3.63) is 87.7 Å². The van der Waals surface area contributed by atoms with Crippen LogP contribution in [0, 0.1) is 13.8 Å². The van der Waals surface area contributed by atoms with Crippen LogP contribution in [0.1, 0.15) is 22.5 Å². The van der Waals surface area contributed by atoms with Gasteiger partial charge in [-0.25, -0.2) is 9.69 Å². The Hall–Kier alpha value is -3.85. The van der Waals surface area contributed by atoms with E-state index in [1.807, 2.05) is 0 Å². The minimum absolute atomic E-state index is 0.0789. The van der Waals surface area contributed by atoms with Crippen LogP contribution in [-0.2, 0) is 15.8 Å². The molecule has 10 heteroatoms. The van der Waals surface area contributed by atoms with E-state index in [0.29, 0.717) is 17.0 Å². The molecule has 0 bridgehead atoms. The highest BCUT2D eigenvalue weighted by Crippen LogP contribution is 2.36. The van der Waals surface area contributed by atoms with Gasteiger partial charge in [-0.3, -0.25) is 14.9 Å². The SMILES string of the molecule is Cc1cc(C=C2C(=O)NC(=O)N(c3cccc(Cl)c3)C2=O)c(C)n1-c1ccccc1C(F)(F)F. The van der Waals surface area contributed by atoms with Crippen molar-refractivity contribution in [2.75, 3.05) is 4.90 Å². The van der Waals surface area contributed by atoms with Crippen LogP contribution >= 0.6 is 11.6 Å². The molecule has 2 heterocycles. The van der Waals surface area contributed by atoms with Gasteiger partial charge in [0.2, 0.25) is 0 Å². The highest BCUT2D eigenvalue weighted by atomic mass is 35.5. The summed E-state index contributed by atoms with van der Waals surface area (Å²) in [7, 11) is 0. The molecule has 0 saturated carbocycles. The van der Waals surface area contributed by atoms with E-state index < -0.39 is 29.6 Å². The maximum Gasteiger partial charge on any atom is 0.418 e. The Labute approximate surface area is 197 Å². The number of amides is 4. The Morgan fingerprint density at radius 3 is 2.35 bits per heavy atom. The summed E-state index contributed by atoms with van der Waals surface area (Å²) in [4.78, 5) is 38.7. The van der Waals surface area contributed by atoms with Crippen molar-refractivity contribution in [3.63, 3.8) is 0 Å². The van der Waals surface area contributed by atoms with Crippen LogP contribution in [0.15, 0.2) is 60.2 Å². The zero-order chi connectivity index (χ0) is 24.8. The summed E-state index contributed by atoms with van der Waals surface area (Å²) < 4.78 is 42.1. The van der Waals surface area contributed by atoms with E-state index in [-0.39, 0.29) is 22.0 Å². The first-order valence-corrected chi connectivity index (χ1v) is 10.4. The van der Waals surface area contributed by atoms with Gasteiger partial charge >= 0.3 is 12.2 Å². The lowest BCUT2D eigenvalue weighted by molar-refractivity contribution is -0.137. The van der Waals surface area contributed by atoms with Crippen LogP contribution in [0.25, 0.3) is 11.8 Å². The maximum absolute atomic E-state index is 13.6. The molecule has 6 nitrogen and oxygen atoms in total. The molecule has 3 aromatic rings. The van der Waals surface area contributed by atoms with Crippen LogP contribution in [0.4, 0.5) is 23.7 Å². The molecule has 2 aromatic carbocycles. The lowest BCUT2D eigenvalue weighted by Gasteiger charge is -2.26. The summed E-state index contributed by atoms with van der Waals surface area (Å²) in [5.74, 6) is -1.79. The molecule has 1 N–H and O–H groups in total. The fourth-order valence-electron chi connectivity index (χ4n) is 3.88. The minimum Gasteiger partial charge on any atom is -0.317 e. The van der Waals surface area contributed by atoms with Gasteiger partial charge in [-0.2, -0.15) is 13.2 Å². The van der Waals surface area contributed by atoms with Gasteiger partial charge in [-0.05, 0) is 61.9 Å². The van der Waals surface area contributed by atoms with Crippen molar-refractivity contribution >= 4 is 41.2 Å². The quantitative estimate of drug-likeness (QED) is 0.395. The van der Waals surface area contributed by atoms with Gasteiger partial charge in [0.05, 0.1) is 16.9 Å². The molecule has 4 amide bonds. The number of benzene rings is 2. The van der Waals surface area contributed by atoms with Crippen molar-refractivity contribution in [3.8, 4) is 5.69 Å². The van der Waals surface area contributed by atoms with Crippen LogP contribution in [0.2, 0.25) is 5.02 Å². The van der Waals surface area contributed by atoms with Crippen LogP contribution in [-0.4, -0.2) is 22.4 Å². The third kappa shape index (κ3) is 4.10. The second-order valence-electron chi connectivity index (χ2n) is 7.61. The molecule has 1 saturated heterocycles. The van der Waals surface area contributed by atoms with E-state index in [2.05, 4.69) is 5.32 Å². The molecule has 1 fully saturated rings. The highest BCUT2D eigenvalue weighted by molar-refractivity contribution is 6.39. The maximum atomic E-state index is 13.6. The molecular formula is C24H17ClF3N3O3. The second-order valence-corrected chi connectivity index (χ2v) is 8.05. The van der Waals surface area contributed by atoms with Crippen LogP contribution < -0.4 is 10.2 Å². The first kappa shape index (κ1) is 23.3. The number of aryl methyl sites for hydroxylation is 1. The normalized spacial score (nSPS) is 15.8. The predicted molar refractivity (Wildman–Crippen MR) is 121 cm³/mol. The molecular weight excluding hydrogens is 471 g/mol. The third-order valence-electron chi connectivity index (χ3n) is 5.39. The van der Waals surface area contributed by atoms with Gasteiger partial charge < -0.3 is 4.57 Å². The number of imide groups is 2. The number of rotatable bonds is 3.